The Balaban J connectivity index is 2.00. The normalized spacial score (nSPS) is 13.8. The number of aromatic nitrogens is 6. The molecule has 14 heteroatoms. The number of aliphatic hydroxyl groups is 1. The number of ether oxygens (including phenoxy) is 2. The lowest BCUT2D eigenvalue weighted by Crippen LogP contribution is -2.33. The minimum atomic E-state index is -4.09. The number of aliphatic hydroxyl groups excluding tert-OH is 1. The van der Waals surface area contributed by atoms with Crippen molar-refractivity contribution in [3.63, 3.8) is 0 Å². The zero-order valence-electron chi connectivity index (χ0n) is 19.6. The highest BCUT2D eigenvalue weighted by Crippen LogP contribution is 2.27. The molecule has 3 rings (SSSR count). The van der Waals surface area contributed by atoms with Gasteiger partial charge < -0.3 is 20.0 Å². The summed E-state index contributed by atoms with van der Waals surface area (Å²) < 4.78 is 41.0. The molecule has 0 spiro atoms. The van der Waals surface area contributed by atoms with Crippen molar-refractivity contribution in [3.05, 3.63) is 53.8 Å². The number of allylic oxidation sites excluding steroid dienone is 1. The number of nitrogens with zero attached hydrogens (tertiary/aromatic N) is 6. The Labute approximate surface area is 202 Å². The Morgan fingerprint density at radius 1 is 1.26 bits per heavy atom. The number of hydrogen-bond donors (Lipinski definition) is 3. The third-order valence-electron chi connectivity index (χ3n) is 5.10. The van der Waals surface area contributed by atoms with Crippen molar-refractivity contribution in [1.82, 2.24) is 29.7 Å². The molecule has 0 bridgehead atoms. The van der Waals surface area contributed by atoms with Gasteiger partial charge in [0.25, 0.3) is 0 Å². The Morgan fingerprint density at radius 3 is 2.63 bits per heavy atom. The minimum absolute atomic E-state index is 0.107. The number of rotatable bonds is 11. The van der Waals surface area contributed by atoms with E-state index in [4.69, 9.17) is 14.9 Å². The summed E-state index contributed by atoms with van der Waals surface area (Å²) in [6, 6.07) is 4.98. The molecule has 0 aliphatic rings. The highest BCUT2D eigenvalue weighted by molar-refractivity contribution is 7.93. The Bertz CT molecular complexity index is 1310. The van der Waals surface area contributed by atoms with Crippen LogP contribution in [0.25, 0.3) is 11.5 Å². The second-order valence-corrected chi connectivity index (χ2v) is 9.48. The maximum absolute atomic E-state index is 13.3. The van der Waals surface area contributed by atoms with Gasteiger partial charge in [0.2, 0.25) is 21.9 Å². The maximum atomic E-state index is 13.3. The molecule has 0 unspecified atom stereocenters. The molecule has 0 saturated carbocycles. The summed E-state index contributed by atoms with van der Waals surface area (Å²) in [5.41, 5.74) is 1.56. The number of anilines is 1. The van der Waals surface area contributed by atoms with Gasteiger partial charge in [-0.15, -0.1) is 10.2 Å². The summed E-state index contributed by atoms with van der Waals surface area (Å²) in [4.78, 5) is 12.7. The highest BCUT2D eigenvalue weighted by atomic mass is 32.2. The van der Waals surface area contributed by atoms with Crippen LogP contribution in [0.5, 0.6) is 5.88 Å². The van der Waals surface area contributed by atoms with E-state index in [9.17, 15) is 13.5 Å². The number of aryl methyl sites for hydroxylation is 1. The average Bonchev–Trinajstić information content (AvgIpc) is 3.25. The molecular formula is C21H26N8O5S. The van der Waals surface area contributed by atoms with Crippen molar-refractivity contribution in [1.29, 1.82) is 5.41 Å². The van der Waals surface area contributed by atoms with Crippen LogP contribution >= 0.6 is 0 Å². The first-order chi connectivity index (χ1) is 16.7. The standard InChI is InChI=1S/C21H26N8O5S/c1-13-9-24-17(10-23-13)19(34-4)14(2)35(31,32)28-21-27-26-20(29(21)11-15(8-22)12-30)16-6-5-7-18(25-16)33-3/h5-10,12,14,19,22,30H,11H2,1-4H3,(H,27,28)/b15-12+,22-8?/t14-,19-/m0/s1. The van der Waals surface area contributed by atoms with Crippen LogP contribution in [0.4, 0.5) is 5.95 Å². The van der Waals surface area contributed by atoms with Crippen molar-refractivity contribution < 1.29 is 23.0 Å². The van der Waals surface area contributed by atoms with E-state index in [1.807, 2.05) is 0 Å². The smallest absolute Gasteiger partial charge is 0.240 e. The molecular weight excluding hydrogens is 476 g/mol. The molecule has 0 aromatic carbocycles. The van der Waals surface area contributed by atoms with Gasteiger partial charge in [0.05, 0.1) is 37.5 Å². The van der Waals surface area contributed by atoms with E-state index in [0.717, 1.165) is 12.5 Å². The van der Waals surface area contributed by atoms with Gasteiger partial charge in [-0.3, -0.25) is 19.3 Å². The fourth-order valence-corrected chi connectivity index (χ4v) is 4.33. The summed E-state index contributed by atoms with van der Waals surface area (Å²) in [5.74, 6) is 0.380. The van der Waals surface area contributed by atoms with Gasteiger partial charge in [0.15, 0.2) is 5.82 Å². The second kappa shape index (κ2) is 11.0. The molecule has 0 saturated heterocycles. The van der Waals surface area contributed by atoms with Crippen molar-refractivity contribution in [2.45, 2.75) is 31.7 Å². The lowest BCUT2D eigenvalue weighted by Gasteiger charge is -2.22. The summed E-state index contributed by atoms with van der Waals surface area (Å²) in [7, 11) is -1.24. The van der Waals surface area contributed by atoms with Crippen molar-refractivity contribution in [3.8, 4) is 17.4 Å². The van der Waals surface area contributed by atoms with Crippen LogP contribution in [0.1, 0.15) is 24.4 Å². The SMILES string of the molecule is COc1cccc(-c2nnc(NS(=O)(=O)[C@@H](C)[C@H](OC)c3cnc(C)cn3)n2C/C(C=N)=C/O)n1. The van der Waals surface area contributed by atoms with Crippen LogP contribution in [0, 0.1) is 12.3 Å². The largest absolute Gasteiger partial charge is 0.515 e. The molecule has 2 atom stereocenters. The summed E-state index contributed by atoms with van der Waals surface area (Å²) in [5, 5.41) is 24.0. The number of sulfonamides is 1. The molecule has 3 N–H and O–H groups in total. The zero-order chi connectivity index (χ0) is 25.6. The first-order valence-corrected chi connectivity index (χ1v) is 11.9. The molecule has 3 aromatic rings. The van der Waals surface area contributed by atoms with Crippen molar-refractivity contribution in [2.24, 2.45) is 0 Å². The van der Waals surface area contributed by atoms with E-state index in [1.165, 1.54) is 38.1 Å². The first kappa shape index (κ1) is 25.7. The highest BCUT2D eigenvalue weighted by Gasteiger charge is 2.33. The third kappa shape index (κ3) is 5.78. The first-order valence-electron chi connectivity index (χ1n) is 10.3. The monoisotopic (exact) mass is 502 g/mol. The summed E-state index contributed by atoms with van der Waals surface area (Å²) in [6.45, 7) is 3.13. The third-order valence-corrected chi connectivity index (χ3v) is 6.79. The van der Waals surface area contributed by atoms with E-state index in [-0.39, 0.29) is 23.9 Å². The van der Waals surface area contributed by atoms with Crippen LogP contribution in [0.2, 0.25) is 0 Å². The van der Waals surface area contributed by atoms with Crippen molar-refractivity contribution >= 4 is 22.2 Å². The predicted molar refractivity (Wildman–Crippen MR) is 128 cm³/mol. The van der Waals surface area contributed by atoms with Gasteiger partial charge in [-0.05, 0) is 19.9 Å². The van der Waals surface area contributed by atoms with E-state index in [2.05, 4.69) is 29.9 Å². The average molecular weight is 503 g/mol. The Hall–Kier alpha value is -3.91. The lowest BCUT2D eigenvalue weighted by molar-refractivity contribution is 0.0985. The molecule has 3 aromatic heterocycles. The van der Waals surface area contributed by atoms with Crippen LogP contribution in [0.3, 0.4) is 0 Å². The molecule has 0 aliphatic carbocycles. The predicted octanol–water partition coefficient (Wildman–Crippen LogP) is 2.06. The van der Waals surface area contributed by atoms with Crippen LogP contribution in [-0.2, 0) is 21.3 Å². The molecule has 13 nitrogen and oxygen atoms in total. The van der Waals surface area contributed by atoms with Gasteiger partial charge in [-0.25, -0.2) is 13.4 Å². The maximum Gasteiger partial charge on any atom is 0.240 e. The molecule has 0 fully saturated rings. The van der Waals surface area contributed by atoms with Gasteiger partial charge >= 0.3 is 0 Å². The number of methoxy groups -OCH3 is 2. The van der Waals surface area contributed by atoms with Gasteiger partial charge in [-0.2, -0.15) is 0 Å². The van der Waals surface area contributed by atoms with Crippen LogP contribution in [-0.4, -0.2) is 68.9 Å². The molecule has 3 heterocycles. The fourth-order valence-electron chi connectivity index (χ4n) is 3.16. The van der Waals surface area contributed by atoms with E-state index >= 15 is 0 Å². The summed E-state index contributed by atoms with van der Waals surface area (Å²) in [6.07, 6.45) is 3.76. The number of pyridine rings is 1. The molecule has 186 valence electrons. The molecule has 35 heavy (non-hydrogen) atoms. The van der Waals surface area contributed by atoms with E-state index < -0.39 is 21.4 Å². The van der Waals surface area contributed by atoms with E-state index in [1.54, 1.807) is 25.1 Å². The number of nitrogens with one attached hydrogen (secondary N) is 2. The minimum Gasteiger partial charge on any atom is -0.515 e. The molecule has 0 radical (unpaired) electrons. The molecule has 0 amide bonds. The lowest BCUT2D eigenvalue weighted by atomic mass is 10.2. The summed E-state index contributed by atoms with van der Waals surface area (Å²) >= 11 is 0. The fraction of sp³-hybridized carbons (Fsp3) is 0.333. The van der Waals surface area contributed by atoms with Crippen LogP contribution in [0.15, 0.2) is 42.4 Å². The van der Waals surface area contributed by atoms with Gasteiger partial charge in [-0.1, -0.05) is 6.07 Å². The van der Waals surface area contributed by atoms with Gasteiger partial charge in [0, 0.05) is 31.2 Å². The van der Waals surface area contributed by atoms with Crippen molar-refractivity contribution in [2.75, 3.05) is 18.9 Å². The second-order valence-electron chi connectivity index (χ2n) is 7.44. The topological polar surface area (TPSA) is 178 Å². The van der Waals surface area contributed by atoms with Gasteiger partial charge in [0.1, 0.15) is 17.0 Å². The van der Waals surface area contributed by atoms with E-state index in [0.29, 0.717) is 23.0 Å². The Kier molecular flexibility index (Phi) is 8.09. The van der Waals surface area contributed by atoms with Crippen LogP contribution < -0.4 is 9.46 Å². The quantitative estimate of drug-likeness (QED) is 0.259. The zero-order valence-corrected chi connectivity index (χ0v) is 20.4. The Morgan fingerprint density at radius 2 is 2.03 bits per heavy atom. The molecule has 0 aliphatic heterocycles. The number of hydrogen-bond acceptors (Lipinski definition) is 11.